The molecule has 3 atom stereocenters. The number of carbonyl (C=O) groups is 3. The maximum absolute atomic E-state index is 13.4. The summed E-state index contributed by atoms with van der Waals surface area (Å²) in [5.41, 5.74) is 1.67. The first-order valence-corrected chi connectivity index (χ1v) is 10.5. The number of ether oxygens (including phenoxy) is 1. The number of amides is 3. The van der Waals surface area contributed by atoms with E-state index in [1.54, 1.807) is 34.7 Å². The van der Waals surface area contributed by atoms with Gasteiger partial charge in [-0.15, -0.1) is 0 Å². The molecule has 3 amide bonds. The number of rotatable bonds is 4. The summed E-state index contributed by atoms with van der Waals surface area (Å²) in [6, 6.07) is 14.6. The topological polar surface area (TPSA) is 99.8 Å². The van der Waals surface area contributed by atoms with Crippen LogP contribution in [-0.4, -0.2) is 42.6 Å². The van der Waals surface area contributed by atoms with Crippen LogP contribution in [0.2, 0.25) is 0 Å². The van der Waals surface area contributed by atoms with E-state index in [1.807, 2.05) is 54.6 Å². The number of fused-ring (bicyclic) bond motifs is 1. The van der Waals surface area contributed by atoms with Gasteiger partial charge in [-0.2, -0.15) is 0 Å². The highest BCUT2D eigenvalue weighted by molar-refractivity contribution is 6.03. The van der Waals surface area contributed by atoms with Gasteiger partial charge in [0.05, 0.1) is 17.4 Å². The number of benzene rings is 2. The molecule has 1 heterocycles. The summed E-state index contributed by atoms with van der Waals surface area (Å²) in [6.07, 6.45) is -0.699. The minimum absolute atomic E-state index is 0.269. The quantitative estimate of drug-likeness (QED) is 0.681. The highest BCUT2D eigenvalue weighted by Gasteiger charge is 2.38. The largest absolute Gasteiger partial charge is 0.444 e. The molecule has 32 heavy (non-hydrogen) atoms. The van der Waals surface area contributed by atoms with E-state index in [-0.39, 0.29) is 5.91 Å². The molecule has 0 radical (unpaired) electrons. The van der Waals surface area contributed by atoms with Gasteiger partial charge >= 0.3 is 6.09 Å². The molecule has 2 aromatic carbocycles. The summed E-state index contributed by atoms with van der Waals surface area (Å²) < 4.78 is 5.22. The van der Waals surface area contributed by atoms with Crippen LogP contribution in [0.3, 0.4) is 0 Å². The van der Waals surface area contributed by atoms with Gasteiger partial charge in [0, 0.05) is 7.05 Å². The summed E-state index contributed by atoms with van der Waals surface area (Å²) >= 11 is 0. The lowest BCUT2D eigenvalue weighted by molar-refractivity contribution is -0.128. The van der Waals surface area contributed by atoms with Crippen molar-refractivity contribution in [2.75, 3.05) is 17.3 Å². The van der Waals surface area contributed by atoms with Crippen molar-refractivity contribution < 1.29 is 19.1 Å². The molecule has 0 saturated carbocycles. The first-order valence-electron chi connectivity index (χ1n) is 10.5. The van der Waals surface area contributed by atoms with Gasteiger partial charge in [0.15, 0.2) is 0 Å². The van der Waals surface area contributed by atoms with E-state index in [4.69, 9.17) is 4.74 Å². The first-order chi connectivity index (χ1) is 15.1. The third-order valence-corrected chi connectivity index (χ3v) is 5.09. The fourth-order valence-electron chi connectivity index (χ4n) is 3.52. The fraction of sp³-hybridized carbons (Fsp3) is 0.375. The van der Waals surface area contributed by atoms with Crippen LogP contribution >= 0.6 is 0 Å². The molecule has 8 heteroatoms. The van der Waals surface area contributed by atoms with Gasteiger partial charge in [0.2, 0.25) is 5.91 Å². The van der Waals surface area contributed by atoms with E-state index in [2.05, 4.69) is 16.0 Å². The molecule has 170 valence electrons. The molecule has 0 fully saturated rings. The Labute approximate surface area is 188 Å². The molecule has 3 N–H and O–H groups in total. The van der Waals surface area contributed by atoms with E-state index in [9.17, 15) is 14.4 Å². The number of anilines is 2. The lowest BCUT2D eigenvalue weighted by Crippen LogP contribution is -2.55. The molecule has 2 unspecified atom stereocenters. The predicted octanol–water partition coefficient (Wildman–Crippen LogP) is 3.21. The Hall–Kier alpha value is -3.55. The second-order valence-electron chi connectivity index (χ2n) is 8.80. The molecule has 0 saturated heterocycles. The summed E-state index contributed by atoms with van der Waals surface area (Å²) in [6.45, 7) is 6.77. The summed E-state index contributed by atoms with van der Waals surface area (Å²) in [5.74, 6) is -0.759. The van der Waals surface area contributed by atoms with Crippen LogP contribution in [0, 0.1) is 0 Å². The van der Waals surface area contributed by atoms with Gasteiger partial charge in [0.1, 0.15) is 17.7 Å². The fourth-order valence-corrected chi connectivity index (χ4v) is 3.52. The number of alkyl carbamates (subject to hydrolysis) is 1. The van der Waals surface area contributed by atoms with Gasteiger partial charge in [-0.25, -0.2) is 4.79 Å². The Balaban J connectivity index is 1.86. The third-order valence-electron chi connectivity index (χ3n) is 5.09. The molecule has 0 bridgehead atoms. The van der Waals surface area contributed by atoms with Crippen molar-refractivity contribution in [2.45, 2.75) is 51.4 Å². The van der Waals surface area contributed by atoms with E-state index in [0.717, 1.165) is 16.9 Å². The maximum Gasteiger partial charge on any atom is 0.408 e. The van der Waals surface area contributed by atoms with Gasteiger partial charge in [-0.1, -0.05) is 42.5 Å². The number of hydrogen-bond donors (Lipinski definition) is 3. The van der Waals surface area contributed by atoms with Crippen molar-refractivity contribution in [3.63, 3.8) is 0 Å². The summed E-state index contributed by atoms with van der Waals surface area (Å²) in [4.78, 5) is 40.0. The van der Waals surface area contributed by atoms with E-state index in [1.165, 1.54) is 4.90 Å². The van der Waals surface area contributed by atoms with Gasteiger partial charge in [0.25, 0.3) is 5.91 Å². The standard InChI is InChI=1S/C24H30N4O4/c1-15(25-23(31)32-24(2,3)4)21(29)27-20-19(16-11-7-6-8-12-16)26-17-13-9-10-14-18(17)28(5)22(20)30/h6-15,19-20,26H,1-5H3,(H,25,31)(H,27,29)/t15-,19?,20?/m0/s1. The highest BCUT2D eigenvalue weighted by atomic mass is 16.6. The van der Waals surface area contributed by atoms with Crippen molar-refractivity contribution in [2.24, 2.45) is 0 Å². The minimum Gasteiger partial charge on any atom is -0.444 e. The van der Waals surface area contributed by atoms with Gasteiger partial charge in [-0.05, 0) is 45.4 Å². The lowest BCUT2D eigenvalue weighted by atomic mass is 9.98. The Morgan fingerprint density at radius 3 is 2.34 bits per heavy atom. The van der Waals surface area contributed by atoms with Gasteiger partial charge in [-0.3, -0.25) is 9.59 Å². The SMILES string of the molecule is C[C@H](NC(=O)OC(C)(C)C)C(=O)NC1C(=O)N(C)c2ccccc2NC1c1ccccc1. The van der Waals surface area contributed by atoms with Crippen molar-refractivity contribution in [1.29, 1.82) is 0 Å². The third kappa shape index (κ3) is 5.38. The number of nitrogens with zero attached hydrogens (tertiary/aromatic N) is 1. The number of likely N-dealkylation sites (N-methyl/N-ethyl adjacent to an activating group) is 1. The van der Waals surface area contributed by atoms with Crippen LogP contribution < -0.4 is 20.9 Å². The molecule has 8 nitrogen and oxygen atoms in total. The zero-order valence-electron chi connectivity index (χ0n) is 19.0. The number of nitrogens with one attached hydrogen (secondary N) is 3. The molecule has 0 spiro atoms. The van der Waals surface area contributed by atoms with Crippen LogP contribution in [0.15, 0.2) is 54.6 Å². The Morgan fingerprint density at radius 2 is 1.69 bits per heavy atom. The predicted molar refractivity (Wildman–Crippen MR) is 123 cm³/mol. The zero-order valence-corrected chi connectivity index (χ0v) is 19.0. The van der Waals surface area contributed by atoms with Crippen LogP contribution in [-0.2, 0) is 14.3 Å². The van der Waals surface area contributed by atoms with Crippen molar-refractivity contribution in [3.8, 4) is 0 Å². The summed E-state index contributed by atoms with van der Waals surface area (Å²) in [5, 5.41) is 8.76. The lowest BCUT2D eigenvalue weighted by Gasteiger charge is -2.29. The first kappa shape index (κ1) is 23.1. The zero-order chi connectivity index (χ0) is 23.5. The Morgan fingerprint density at radius 1 is 1.06 bits per heavy atom. The minimum atomic E-state index is -0.898. The van der Waals surface area contributed by atoms with E-state index < -0.39 is 35.7 Å². The number of carbonyl (C=O) groups excluding carboxylic acids is 3. The molecule has 1 aliphatic heterocycles. The van der Waals surface area contributed by atoms with Crippen LogP contribution in [0.5, 0.6) is 0 Å². The second kappa shape index (κ2) is 9.30. The van der Waals surface area contributed by atoms with Crippen LogP contribution in [0.4, 0.5) is 16.2 Å². The molecule has 3 rings (SSSR count). The van der Waals surface area contributed by atoms with Gasteiger partial charge < -0.3 is 25.6 Å². The maximum atomic E-state index is 13.4. The Bertz CT molecular complexity index is 987. The van der Waals surface area contributed by atoms with Crippen LogP contribution in [0.25, 0.3) is 0 Å². The van der Waals surface area contributed by atoms with Crippen molar-refractivity contribution in [3.05, 3.63) is 60.2 Å². The van der Waals surface area contributed by atoms with E-state index in [0.29, 0.717) is 0 Å². The molecular formula is C24H30N4O4. The van der Waals surface area contributed by atoms with E-state index >= 15 is 0 Å². The second-order valence-corrected chi connectivity index (χ2v) is 8.80. The number of para-hydroxylation sites is 2. The summed E-state index contributed by atoms with van der Waals surface area (Å²) in [7, 11) is 1.68. The molecule has 0 aliphatic carbocycles. The average molecular weight is 439 g/mol. The van der Waals surface area contributed by atoms with Crippen LogP contribution in [0.1, 0.15) is 39.3 Å². The molecule has 0 aromatic heterocycles. The normalized spacial score (nSPS) is 19.2. The average Bonchev–Trinajstić information content (AvgIpc) is 2.83. The smallest absolute Gasteiger partial charge is 0.408 e. The molecule has 2 aromatic rings. The molecule has 1 aliphatic rings. The monoisotopic (exact) mass is 438 g/mol. The Kier molecular flexibility index (Phi) is 6.72. The number of hydrogen-bond acceptors (Lipinski definition) is 5. The van der Waals surface area contributed by atoms with Crippen molar-refractivity contribution >= 4 is 29.3 Å². The molecular weight excluding hydrogens is 408 g/mol. The van der Waals surface area contributed by atoms with Crippen molar-refractivity contribution in [1.82, 2.24) is 10.6 Å². The highest BCUT2D eigenvalue weighted by Crippen LogP contribution is 2.34.